The number of likely N-dealkylation sites (N-methyl/N-ethyl adjacent to an activating group) is 1. The van der Waals surface area contributed by atoms with Crippen molar-refractivity contribution >= 4 is 17.7 Å². The van der Waals surface area contributed by atoms with E-state index in [-0.39, 0.29) is 5.91 Å². The Kier molecular flexibility index (Phi) is 6.48. The van der Waals surface area contributed by atoms with E-state index in [1.165, 1.54) is 5.69 Å². The highest BCUT2D eigenvalue weighted by Crippen LogP contribution is 2.18. The van der Waals surface area contributed by atoms with Gasteiger partial charge in [0.1, 0.15) is 0 Å². The van der Waals surface area contributed by atoms with Gasteiger partial charge in [-0.25, -0.2) is 0 Å². The summed E-state index contributed by atoms with van der Waals surface area (Å²) in [5.41, 5.74) is 2.26. The zero-order valence-electron chi connectivity index (χ0n) is 15.0. The third-order valence-electron chi connectivity index (χ3n) is 4.88. The Labute approximate surface area is 150 Å². The van der Waals surface area contributed by atoms with Gasteiger partial charge >= 0.3 is 0 Å². The lowest BCUT2D eigenvalue weighted by molar-refractivity contribution is -0.126. The van der Waals surface area contributed by atoms with Crippen molar-refractivity contribution in [2.24, 2.45) is 5.92 Å². The first-order valence-electron chi connectivity index (χ1n) is 9.23. The maximum Gasteiger partial charge on any atom is 0.246 e. The molecule has 2 heterocycles. The Hall–Kier alpha value is -1.85. The number of hydrogen-bond donors (Lipinski definition) is 0. The molecule has 2 saturated heterocycles. The van der Waals surface area contributed by atoms with E-state index in [1.54, 1.807) is 6.08 Å². The Morgan fingerprint density at radius 2 is 1.96 bits per heavy atom. The third-order valence-corrected chi connectivity index (χ3v) is 4.88. The van der Waals surface area contributed by atoms with Crippen molar-refractivity contribution in [2.75, 3.05) is 57.5 Å². The molecule has 1 atom stereocenters. The van der Waals surface area contributed by atoms with E-state index in [0.717, 1.165) is 64.6 Å². The molecule has 2 aliphatic heterocycles. The second-order valence-corrected chi connectivity index (χ2v) is 6.63. The van der Waals surface area contributed by atoms with Crippen molar-refractivity contribution in [3.8, 4) is 0 Å². The number of carbonyl (C=O) groups excluding carboxylic acids is 1. The smallest absolute Gasteiger partial charge is 0.246 e. The van der Waals surface area contributed by atoms with Crippen LogP contribution in [0.15, 0.2) is 30.3 Å². The molecule has 2 fully saturated rings. The van der Waals surface area contributed by atoms with Crippen LogP contribution < -0.4 is 4.90 Å². The lowest BCUT2D eigenvalue weighted by atomic mass is 10.1. The van der Waals surface area contributed by atoms with Crippen LogP contribution >= 0.6 is 0 Å². The molecule has 0 spiro atoms. The third kappa shape index (κ3) is 5.06. The molecule has 0 saturated carbocycles. The number of nitrogens with zero attached hydrogens (tertiary/aromatic N) is 2. The van der Waals surface area contributed by atoms with Gasteiger partial charge in [-0.2, -0.15) is 0 Å². The van der Waals surface area contributed by atoms with Gasteiger partial charge in [-0.15, -0.1) is 0 Å². The standard InChI is InChI=1S/C20H28N2O3/c1-2-21(15-18-9-12-25-16-18)20(23)8-5-17-3-6-19(7-4-17)22-10-13-24-14-11-22/h3-8,18H,2,9-16H2,1H3/b8-5+/t18-/m0/s1. The number of ether oxygens (including phenoxy) is 2. The summed E-state index contributed by atoms with van der Waals surface area (Å²) >= 11 is 0. The quantitative estimate of drug-likeness (QED) is 0.743. The van der Waals surface area contributed by atoms with E-state index >= 15 is 0 Å². The number of amides is 1. The fourth-order valence-electron chi connectivity index (χ4n) is 3.30. The Morgan fingerprint density at radius 3 is 2.60 bits per heavy atom. The fraction of sp³-hybridized carbons (Fsp3) is 0.550. The molecular formula is C20H28N2O3. The number of hydrogen-bond acceptors (Lipinski definition) is 4. The topological polar surface area (TPSA) is 42.0 Å². The van der Waals surface area contributed by atoms with E-state index in [0.29, 0.717) is 5.92 Å². The lowest BCUT2D eigenvalue weighted by Crippen LogP contribution is -2.36. The number of morpholine rings is 1. The highest BCUT2D eigenvalue weighted by atomic mass is 16.5. The molecule has 1 amide bonds. The fourth-order valence-corrected chi connectivity index (χ4v) is 3.30. The Morgan fingerprint density at radius 1 is 1.20 bits per heavy atom. The highest BCUT2D eigenvalue weighted by molar-refractivity contribution is 5.91. The molecule has 0 radical (unpaired) electrons. The summed E-state index contributed by atoms with van der Waals surface area (Å²) in [7, 11) is 0. The molecule has 0 bridgehead atoms. The molecular weight excluding hydrogens is 316 g/mol. The number of carbonyl (C=O) groups is 1. The summed E-state index contributed by atoms with van der Waals surface area (Å²) in [6.07, 6.45) is 4.64. The van der Waals surface area contributed by atoms with Crippen LogP contribution in [0, 0.1) is 5.92 Å². The number of anilines is 1. The van der Waals surface area contributed by atoms with Crippen molar-refractivity contribution in [3.63, 3.8) is 0 Å². The summed E-state index contributed by atoms with van der Waals surface area (Å²) in [5.74, 6) is 0.553. The zero-order valence-corrected chi connectivity index (χ0v) is 15.0. The van der Waals surface area contributed by atoms with E-state index in [1.807, 2.05) is 17.9 Å². The van der Waals surface area contributed by atoms with Crippen LogP contribution in [0.4, 0.5) is 5.69 Å². The first kappa shape index (κ1) is 18.0. The van der Waals surface area contributed by atoms with Gasteiger partial charge in [-0.05, 0) is 37.1 Å². The largest absolute Gasteiger partial charge is 0.381 e. The second-order valence-electron chi connectivity index (χ2n) is 6.63. The monoisotopic (exact) mass is 344 g/mol. The molecule has 5 nitrogen and oxygen atoms in total. The van der Waals surface area contributed by atoms with Crippen LogP contribution in [0.25, 0.3) is 6.08 Å². The Bertz CT molecular complexity index is 573. The van der Waals surface area contributed by atoms with Crippen LogP contribution in [0.1, 0.15) is 18.9 Å². The summed E-state index contributed by atoms with van der Waals surface area (Å²) in [6, 6.07) is 8.36. The van der Waals surface area contributed by atoms with E-state index in [9.17, 15) is 4.79 Å². The molecule has 25 heavy (non-hydrogen) atoms. The van der Waals surface area contributed by atoms with Crippen LogP contribution in [-0.2, 0) is 14.3 Å². The summed E-state index contributed by atoms with van der Waals surface area (Å²) in [6.45, 7) is 8.58. The Balaban J connectivity index is 1.55. The first-order chi connectivity index (χ1) is 12.3. The van der Waals surface area contributed by atoms with Crippen molar-refractivity contribution in [1.29, 1.82) is 0 Å². The summed E-state index contributed by atoms with van der Waals surface area (Å²) < 4.78 is 10.8. The molecule has 5 heteroatoms. The van der Waals surface area contributed by atoms with Gasteiger partial charge < -0.3 is 19.3 Å². The SMILES string of the molecule is CCN(C[C@@H]1CCOC1)C(=O)/C=C/c1ccc(N2CCOCC2)cc1. The van der Waals surface area contributed by atoms with Gasteiger partial charge in [0.05, 0.1) is 19.8 Å². The average molecular weight is 344 g/mol. The molecule has 0 N–H and O–H groups in total. The highest BCUT2D eigenvalue weighted by Gasteiger charge is 2.20. The van der Waals surface area contributed by atoms with Crippen molar-refractivity contribution in [2.45, 2.75) is 13.3 Å². The van der Waals surface area contributed by atoms with Gasteiger partial charge in [0, 0.05) is 50.5 Å². The van der Waals surface area contributed by atoms with Crippen molar-refractivity contribution < 1.29 is 14.3 Å². The molecule has 1 aromatic rings. The minimum Gasteiger partial charge on any atom is -0.381 e. The maximum absolute atomic E-state index is 12.4. The van der Waals surface area contributed by atoms with Crippen molar-refractivity contribution in [3.05, 3.63) is 35.9 Å². The van der Waals surface area contributed by atoms with E-state index < -0.39 is 0 Å². The van der Waals surface area contributed by atoms with Gasteiger partial charge in [0.15, 0.2) is 0 Å². The first-order valence-corrected chi connectivity index (χ1v) is 9.23. The molecule has 1 aromatic carbocycles. The van der Waals surface area contributed by atoms with Crippen molar-refractivity contribution in [1.82, 2.24) is 4.90 Å². The molecule has 3 rings (SSSR count). The van der Waals surface area contributed by atoms with Crippen LogP contribution in [0.5, 0.6) is 0 Å². The normalized spacial score (nSPS) is 21.0. The van der Waals surface area contributed by atoms with Crippen LogP contribution in [-0.4, -0.2) is 63.4 Å². The minimum absolute atomic E-state index is 0.0756. The molecule has 0 aromatic heterocycles. The number of benzene rings is 1. The molecule has 0 unspecified atom stereocenters. The molecule has 136 valence electrons. The van der Waals surface area contributed by atoms with Gasteiger partial charge in [-0.1, -0.05) is 12.1 Å². The molecule has 2 aliphatic rings. The minimum atomic E-state index is 0.0756. The van der Waals surface area contributed by atoms with Gasteiger partial charge in [0.25, 0.3) is 0 Å². The van der Waals surface area contributed by atoms with E-state index in [2.05, 4.69) is 29.2 Å². The zero-order chi connectivity index (χ0) is 17.5. The molecule has 0 aliphatic carbocycles. The average Bonchev–Trinajstić information content (AvgIpc) is 3.18. The lowest BCUT2D eigenvalue weighted by Gasteiger charge is -2.28. The van der Waals surface area contributed by atoms with Crippen LogP contribution in [0.3, 0.4) is 0 Å². The predicted molar refractivity (Wildman–Crippen MR) is 99.7 cm³/mol. The predicted octanol–water partition coefficient (Wildman–Crippen LogP) is 2.42. The number of rotatable bonds is 6. The second kappa shape index (κ2) is 9.02. The maximum atomic E-state index is 12.4. The summed E-state index contributed by atoms with van der Waals surface area (Å²) in [5, 5.41) is 0. The summed E-state index contributed by atoms with van der Waals surface area (Å²) in [4.78, 5) is 16.7. The van der Waals surface area contributed by atoms with E-state index in [4.69, 9.17) is 9.47 Å². The van der Waals surface area contributed by atoms with Crippen LogP contribution in [0.2, 0.25) is 0 Å². The van der Waals surface area contributed by atoms with Gasteiger partial charge in [-0.3, -0.25) is 4.79 Å². The van der Waals surface area contributed by atoms with Gasteiger partial charge in [0.2, 0.25) is 5.91 Å².